The molecule has 3 aromatic rings. The van der Waals surface area contributed by atoms with E-state index in [4.69, 9.17) is 28.2 Å². The lowest BCUT2D eigenvalue weighted by atomic mass is 9.77. The summed E-state index contributed by atoms with van der Waals surface area (Å²) in [4.78, 5) is 7.14. The van der Waals surface area contributed by atoms with Gasteiger partial charge in [-0.05, 0) is 55.6 Å². The van der Waals surface area contributed by atoms with Gasteiger partial charge in [-0.1, -0.05) is 71.7 Å². The highest BCUT2D eigenvalue weighted by Crippen LogP contribution is 2.43. The molecule has 1 aromatic heterocycles. The van der Waals surface area contributed by atoms with Gasteiger partial charge in [-0.3, -0.25) is 9.88 Å². The quantitative estimate of drug-likeness (QED) is 0.517. The Morgan fingerprint density at radius 1 is 1.19 bits per heavy atom. The second kappa shape index (κ2) is 7.27. The SMILES string of the molecule is CN1C(c2cnc3ccccc3c2)c2ccccc2CC1(C)CC=C(Cl)Cl. The second-order valence-electron chi connectivity index (χ2n) is 7.55. The van der Waals surface area contributed by atoms with Gasteiger partial charge in [-0.2, -0.15) is 0 Å². The summed E-state index contributed by atoms with van der Waals surface area (Å²) in [6, 6.07) is 19.3. The second-order valence-corrected chi connectivity index (χ2v) is 8.55. The molecule has 0 amide bonds. The van der Waals surface area contributed by atoms with Crippen molar-refractivity contribution in [3.8, 4) is 0 Å². The molecular weight excluding hydrogens is 375 g/mol. The summed E-state index contributed by atoms with van der Waals surface area (Å²) in [7, 11) is 2.19. The van der Waals surface area contributed by atoms with Crippen molar-refractivity contribution in [2.75, 3.05) is 7.05 Å². The summed E-state index contributed by atoms with van der Waals surface area (Å²) in [6.07, 6.45) is 5.66. The van der Waals surface area contributed by atoms with E-state index < -0.39 is 0 Å². The van der Waals surface area contributed by atoms with E-state index in [2.05, 4.69) is 67.4 Å². The minimum atomic E-state index is -0.0836. The molecule has 2 unspecified atom stereocenters. The molecule has 2 heterocycles. The minimum Gasteiger partial charge on any atom is -0.289 e. The number of rotatable bonds is 3. The summed E-state index contributed by atoms with van der Waals surface area (Å²) in [6.45, 7) is 2.28. The van der Waals surface area contributed by atoms with E-state index in [9.17, 15) is 0 Å². The first-order chi connectivity index (χ1) is 13.0. The van der Waals surface area contributed by atoms with Crippen LogP contribution in [0.25, 0.3) is 10.9 Å². The van der Waals surface area contributed by atoms with Gasteiger partial charge in [0.25, 0.3) is 0 Å². The summed E-state index contributed by atoms with van der Waals surface area (Å²) >= 11 is 11.8. The van der Waals surface area contributed by atoms with Crippen molar-refractivity contribution in [1.29, 1.82) is 0 Å². The van der Waals surface area contributed by atoms with Crippen LogP contribution in [-0.2, 0) is 6.42 Å². The lowest BCUT2D eigenvalue weighted by Gasteiger charge is -2.48. The first-order valence-electron chi connectivity index (χ1n) is 9.14. The lowest BCUT2D eigenvalue weighted by molar-refractivity contribution is 0.0903. The lowest BCUT2D eigenvalue weighted by Crippen LogP contribution is -2.51. The topological polar surface area (TPSA) is 16.1 Å². The Balaban J connectivity index is 1.84. The molecule has 0 N–H and O–H groups in total. The highest BCUT2D eigenvalue weighted by Gasteiger charge is 2.40. The zero-order valence-electron chi connectivity index (χ0n) is 15.5. The molecule has 1 aliphatic heterocycles. The summed E-state index contributed by atoms with van der Waals surface area (Å²) in [5.74, 6) is 0. The third-order valence-electron chi connectivity index (χ3n) is 5.78. The van der Waals surface area contributed by atoms with E-state index in [0.717, 1.165) is 23.7 Å². The molecule has 0 aliphatic carbocycles. The van der Waals surface area contributed by atoms with Crippen LogP contribution in [0.1, 0.15) is 36.1 Å². The summed E-state index contributed by atoms with van der Waals surface area (Å²) < 4.78 is 0.326. The van der Waals surface area contributed by atoms with Gasteiger partial charge in [-0.25, -0.2) is 0 Å². The van der Waals surface area contributed by atoms with Crippen LogP contribution in [0.5, 0.6) is 0 Å². The molecule has 0 fully saturated rings. The normalized spacial score (nSPS) is 22.4. The minimum absolute atomic E-state index is 0.0836. The van der Waals surface area contributed by atoms with E-state index >= 15 is 0 Å². The first-order valence-corrected chi connectivity index (χ1v) is 9.90. The Morgan fingerprint density at radius 2 is 1.93 bits per heavy atom. The Morgan fingerprint density at radius 3 is 2.74 bits per heavy atom. The van der Waals surface area contributed by atoms with E-state index in [1.807, 2.05) is 18.3 Å². The number of hydrogen-bond donors (Lipinski definition) is 0. The first kappa shape index (κ1) is 18.5. The van der Waals surface area contributed by atoms with Gasteiger partial charge >= 0.3 is 0 Å². The molecule has 0 spiro atoms. The molecule has 0 saturated carbocycles. The fourth-order valence-electron chi connectivity index (χ4n) is 4.17. The molecule has 4 rings (SSSR count). The number of hydrogen-bond acceptors (Lipinski definition) is 2. The molecule has 0 radical (unpaired) electrons. The maximum Gasteiger partial charge on any atom is 0.102 e. The standard InChI is InChI=1S/C23H22Cl2N2/c1-23(12-11-21(24)25)14-17-8-3-5-9-19(17)22(27(23)2)18-13-16-7-4-6-10-20(16)26-15-18/h3-11,13,15,22H,12,14H2,1-2H3. The summed E-state index contributed by atoms with van der Waals surface area (Å²) in [5, 5.41) is 1.16. The van der Waals surface area contributed by atoms with Crippen LogP contribution in [0.4, 0.5) is 0 Å². The highest BCUT2D eigenvalue weighted by molar-refractivity contribution is 6.55. The molecule has 138 valence electrons. The molecule has 2 nitrogen and oxygen atoms in total. The molecule has 1 aliphatic rings. The number of aromatic nitrogens is 1. The van der Waals surface area contributed by atoms with Gasteiger partial charge in [0.05, 0.1) is 11.6 Å². The van der Waals surface area contributed by atoms with E-state index in [-0.39, 0.29) is 11.6 Å². The molecule has 2 atom stereocenters. The maximum atomic E-state index is 5.92. The highest BCUT2D eigenvalue weighted by atomic mass is 35.5. The van der Waals surface area contributed by atoms with Crippen molar-refractivity contribution < 1.29 is 0 Å². The fourth-order valence-corrected chi connectivity index (χ4v) is 4.33. The average molecular weight is 397 g/mol. The van der Waals surface area contributed by atoms with E-state index in [0.29, 0.717) is 4.49 Å². The molecule has 27 heavy (non-hydrogen) atoms. The van der Waals surface area contributed by atoms with Gasteiger partial charge < -0.3 is 0 Å². The monoisotopic (exact) mass is 396 g/mol. The van der Waals surface area contributed by atoms with Crippen LogP contribution in [0.15, 0.2) is 71.4 Å². The Kier molecular flexibility index (Phi) is 4.98. The zero-order valence-corrected chi connectivity index (χ0v) is 17.0. The van der Waals surface area contributed by atoms with Crippen molar-refractivity contribution in [1.82, 2.24) is 9.88 Å². The Hall–Kier alpha value is -1.87. The summed E-state index contributed by atoms with van der Waals surface area (Å²) in [5.41, 5.74) is 4.86. The van der Waals surface area contributed by atoms with Crippen molar-refractivity contribution in [3.05, 3.63) is 88.1 Å². The number of nitrogens with zero attached hydrogens (tertiary/aromatic N) is 2. The van der Waals surface area contributed by atoms with Crippen molar-refractivity contribution in [3.63, 3.8) is 0 Å². The van der Waals surface area contributed by atoms with Crippen LogP contribution >= 0.6 is 23.2 Å². The van der Waals surface area contributed by atoms with Crippen LogP contribution in [0.2, 0.25) is 0 Å². The van der Waals surface area contributed by atoms with Gasteiger partial charge in [0.2, 0.25) is 0 Å². The number of likely N-dealkylation sites (N-methyl/N-ethyl adjacent to an activating group) is 1. The molecule has 0 bridgehead atoms. The number of para-hydroxylation sites is 1. The zero-order chi connectivity index (χ0) is 19.0. The average Bonchev–Trinajstić information content (AvgIpc) is 2.67. The Bertz CT molecular complexity index is 1010. The third kappa shape index (κ3) is 3.50. The molecule has 0 saturated heterocycles. The van der Waals surface area contributed by atoms with Crippen LogP contribution < -0.4 is 0 Å². The third-order valence-corrected chi connectivity index (χ3v) is 6.09. The molecule has 4 heteroatoms. The predicted molar refractivity (Wildman–Crippen MR) is 114 cm³/mol. The fraction of sp³-hybridized carbons (Fsp3) is 0.261. The van der Waals surface area contributed by atoms with Gasteiger partial charge in [0.15, 0.2) is 0 Å². The molecule has 2 aromatic carbocycles. The van der Waals surface area contributed by atoms with Crippen molar-refractivity contribution in [2.45, 2.75) is 31.3 Å². The van der Waals surface area contributed by atoms with Crippen molar-refractivity contribution in [2.24, 2.45) is 0 Å². The smallest absolute Gasteiger partial charge is 0.102 e. The number of fused-ring (bicyclic) bond motifs is 2. The van der Waals surface area contributed by atoms with Crippen LogP contribution in [0.3, 0.4) is 0 Å². The van der Waals surface area contributed by atoms with E-state index in [1.165, 1.54) is 16.7 Å². The van der Waals surface area contributed by atoms with Gasteiger partial charge in [-0.15, -0.1) is 0 Å². The maximum absolute atomic E-state index is 5.92. The Labute approximate surface area is 170 Å². The van der Waals surface area contributed by atoms with Crippen molar-refractivity contribution >= 4 is 34.1 Å². The number of pyridine rings is 1. The largest absolute Gasteiger partial charge is 0.289 e. The van der Waals surface area contributed by atoms with Crippen LogP contribution in [0, 0.1) is 0 Å². The molecular formula is C23H22Cl2N2. The van der Waals surface area contributed by atoms with E-state index in [1.54, 1.807) is 0 Å². The van der Waals surface area contributed by atoms with Crippen LogP contribution in [-0.4, -0.2) is 22.5 Å². The predicted octanol–water partition coefficient (Wildman–Crippen LogP) is 6.28. The van der Waals surface area contributed by atoms with Gasteiger partial charge in [0, 0.05) is 17.1 Å². The van der Waals surface area contributed by atoms with Gasteiger partial charge in [0.1, 0.15) is 4.49 Å². The number of benzene rings is 2. The number of halogens is 2.